The zero-order valence-corrected chi connectivity index (χ0v) is 8.81. The number of nitrogens with two attached hydrogens (primary N) is 1. The van der Waals surface area contributed by atoms with Crippen LogP contribution in [0.5, 0.6) is 0 Å². The van der Waals surface area contributed by atoms with Crippen LogP contribution >= 0.6 is 0 Å². The highest BCUT2D eigenvalue weighted by atomic mass is 16.1. The Morgan fingerprint density at radius 1 is 1.25 bits per heavy atom. The van der Waals surface area contributed by atoms with Crippen LogP contribution in [0.2, 0.25) is 0 Å². The quantitative estimate of drug-likeness (QED) is 0.800. The smallest absolute Gasteiger partial charge is 0.254 e. The second kappa shape index (κ2) is 4.72. The number of nitrogens with zero attached hydrogens (tertiary/aromatic N) is 1. The van der Waals surface area contributed by atoms with Gasteiger partial charge in [-0.05, 0) is 13.0 Å². The number of nitrogens with one attached hydrogen (secondary N) is 1. The molecule has 0 unspecified atom stereocenters. The fraction of sp³-hybridized carbons (Fsp3) is 0.167. The summed E-state index contributed by atoms with van der Waals surface area (Å²) in [5, 5.41) is 0. The lowest BCUT2D eigenvalue weighted by Crippen LogP contribution is -2.17. The molecule has 0 fully saturated rings. The number of hydrogen-bond donors (Lipinski definition) is 2. The Labute approximate surface area is 93.2 Å². The molecule has 1 aromatic carbocycles. The third-order valence-corrected chi connectivity index (χ3v) is 2.33. The first-order valence-electron chi connectivity index (χ1n) is 5.15. The molecular weight excluding hydrogens is 202 g/mol. The lowest BCUT2D eigenvalue weighted by Gasteiger charge is -2.01. The number of aromatic amines is 1. The molecule has 0 atom stereocenters. The van der Waals surface area contributed by atoms with Gasteiger partial charge in [-0.15, -0.1) is 0 Å². The van der Waals surface area contributed by atoms with Crippen LogP contribution in [0.15, 0.2) is 41.3 Å². The summed E-state index contributed by atoms with van der Waals surface area (Å²) >= 11 is 0. The van der Waals surface area contributed by atoms with E-state index >= 15 is 0 Å². The zero-order valence-electron chi connectivity index (χ0n) is 8.81. The first-order valence-corrected chi connectivity index (χ1v) is 5.15. The molecule has 4 nitrogen and oxygen atoms in total. The van der Waals surface area contributed by atoms with Crippen molar-refractivity contribution in [1.82, 2.24) is 9.97 Å². The van der Waals surface area contributed by atoms with E-state index in [0.717, 1.165) is 5.56 Å². The Bertz CT molecular complexity index is 519. The maximum absolute atomic E-state index is 11.7. The van der Waals surface area contributed by atoms with Gasteiger partial charge < -0.3 is 10.7 Å². The van der Waals surface area contributed by atoms with Gasteiger partial charge in [0.05, 0.1) is 0 Å². The SMILES string of the molecule is NCCc1cnc(-c2ccccc2)[nH]c1=O. The van der Waals surface area contributed by atoms with E-state index in [1.165, 1.54) is 0 Å². The lowest BCUT2D eigenvalue weighted by molar-refractivity contribution is 0.924. The fourth-order valence-corrected chi connectivity index (χ4v) is 1.50. The summed E-state index contributed by atoms with van der Waals surface area (Å²) in [5.74, 6) is 0.589. The molecule has 0 radical (unpaired) electrons. The van der Waals surface area contributed by atoms with Crippen molar-refractivity contribution < 1.29 is 0 Å². The van der Waals surface area contributed by atoms with Gasteiger partial charge in [0.2, 0.25) is 0 Å². The molecule has 4 heteroatoms. The Kier molecular flexibility index (Phi) is 3.12. The summed E-state index contributed by atoms with van der Waals surface area (Å²) in [7, 11) is 0. The molecule has 0 spiro atoms. The minimum Gasteiger partial charge on any atom is -0.330 e. The van der Waals surface area contributed by atoms with Gasteiger partial charge >= 0.3 is 0 Å². The van der Waals surface area contributed by atoms with Crippen molar-refractivity contribution in [1.29, 1.82) is 0 Å². The van der Waals surface area contributed by atoms with E-state index in [4.69, 9.17) is 5.73 Å². The van der Waals surface area contributed by atoms with Crippen molar-refractivity contribution in [3.05, 3.63) is 52.4 Å². The molecule has 1 heterocycles. The first kappa shape index (κ1) is 10.6. The van der Waals surface area contributed by atoms with E-state index in [1.807, 2.05) is 30.3 Å². The molecule has 0 aliphatic rings. The third kappa shape index (κ3) is 2.17. The van der Waals surface area contributed by atoms with E-state index in [-0.39, 0.29) is 5.56 Å². The zero-order chi connectivity index (χ0) is 11.4. The number of benzene rings is 1. The molecule has 2 aromatic rings. The molecular formula is C12H13N3O. The van der Waals surface area contributed by atoms with Crippen molar-refractivity contribution in [2.45, 2.75) is 6.42 Å². The van der Waals surface area contributed by atoms with E-state index < -0.39 is 0 Å². The second-order valence-electron chi connectivity index (χ2n) is 3.49. The highest BCUT2D eigenvalue weighted by molar-refractivity contribution is 5.53. The van der Waals surface area contributed by atoms with Gasteiger partial charge in [-0.25, -0.2) is 4.98 Å². The number of hydrogen-bond acceptors (Lipinski definition) is 3. The van der Waals surface area contributed by atoms with E-state index in [1.54, 1.807) is 6.20 Å². The van der Waals surface area contributed by atoms with Gasteiger partial charge in [0.15, 0.2) is 0 Å². The van der Waals surface area contributed by atoms with Gasteiger partial charge in [0, 0.05) is 17.3 Å². The highest BCUT2D eigenvalue weighted by Crippen LogP contribution is 2.11. The normalized spacial score (nSPS) is 10.3. The fourth-order valence-electron chi connectivity index (χ4n) is 1.50. The topological polar surface area (TPSA) is 71.8 Å². The van der Waals surface area contributed by atoms with E-state index in [2.05, 4.69) is 9.97 Å². The van der Waals surface area contributed by atoms with Gasteiger partial charge in [-0.3, -0.25) is 4.79 Å². The van der Waals surface area contributed by atoms with Crippen LogP contribution < -0.4 is 11.3 Å². The first-order chi connectivity index (χ1) is 7.81. The van der Waals surface area contributed by atoms with Gasteiger partial charge in [-0.2, -0.15) is 0 Å². The standard InChI is InChI=1S/C12H13N3O/c13-7-6-10-8-14-11(15-12(10)16)9-4-2-1-3-5-9/h1-5,8H,6-7,13H2,(H,14,15,16). The molecule has 0 aliphatic heterocycles. The number of rotatable bonds is 3. The minimum absolute atomic E-state index is 0.112. The second-order valence-corrected chi connectivity index (χ2v) is 3.49. The Morgan fingerprint density at radius 3 is 2.62 bits per heavy atom. The molecule has 16 heavy (non-hydrogen) atoms. The van der Waals surface area contributed by atoms with E-state index in [9.17, 15) is 4.79 Å². The van der Waals surface area contributed by atoms with Crippen LogP contribution in [0.4, 0.5) is 0 Å². The molecule has 0 bridgehead atoms. The van der Waals surface area contributed by atoms with Crippen molar-refractivity contribution in [2.75, 3.05) is 6.54 Å². The summed E-state index contributed by atoms with van der Waals surface area (Å²) < 4.78 is 0. The third-order valence-electron chi connectivity index (χ3n) is 2.33. The lowest BCUT2D eigenvalue weighted by atomic mass is 10.2. The summed E-state index contributed by atoms with van der Waals surface area (Å²) in [6.07, 6.45) is 2.14. The molecule has 0 saturated carbocycles. The van der Waals surface area contributed by atoms with Crippen LogP contribution in [0.3, 0.4) is 0 Å². The van der Waals surface area contributed by atoms with Crippen LogP contribution in [0.1, 0.15) is 5.56 Å². The average Bonchev–Trinajstić information content (AvgIpc) is 2.33. The van der Waals surface area contributed by atoms with Crippen molar-refractivity contribution in [3.8, 4) is 11.4 Å². The molecule has 3 N–H and O–H groups in total. The highest BCUT2D eigenvalue weighted by Gasteiger charge is 2.03. The summed E-state index contributed by atoms with van der Waals surface area (Å²) in [6.45, 7) is 0.454. The van der Waals surface area contributed by atoms with Crippen LogP contribution in [0.25, 0.3) is 11.4 Å². The average molecular weight is 215 g/mol. The Morgan fingerprint density at radius 2 is 2.00 bits per heavy atom. The minimum atomic E-state index is -0.112. The van der Waals surface area contributed by atoms with E-state index in [0.29, 0.717) is 24.4 Å². The van der Waals surface area contributed by atoms with Crippen LogP contribution in [0, 0.1) is 0 Å². The van der Waals surface area contributed by atoms with Gasteiger partial charge in [0.1, 0.15) is 5.82 Å². The molecule has 1 aromatic heterocycles. The van der Waals surface area contributed by atoms with Gasteiger partial charge in [-0.1, -0.05) is 30.3 Å². The number of aromatic nitrogens is 2. The summed E-state index contributed by atoms with van der Waals surface area (Å²) in [5.41, 5.74) is 6.82. The monoisotopic (exact) mass is 215 g/mol. The number of H-pyrrole nitrogens is 1. The van der Waals surface area contributed by atoms with Crippen molar-refractivity contribution in [3.63, 3.8) is 0 Å². The van der Waals surface area contributed by atoms with Crippen molar-refractivity contribution in [2.24, 2.45) is 5.73 Å². The summed E-state index contributed by atoms with van der Waals surface area (Å²) in [4.78, 5) is 18.6. The molecule has 0 aliphatic carbocycles. The van der Waals surface area contributed by atoms with Gasteiger partial charge in [0.25, 0.3) is 5.56 Å². The maximum atomic E-state index is 11.7. The summed E-state index contributed by atoms with van der Waals surface area (Å²) in [6, 6.07) is 9.54. The Balaban J connectivity index is 2.39. The molecule has 82 valence electrons. The largest absolute Gasteiger partial charge is 0.330 e. The predicted molar refractivity (Wildman–Crippen MR) is 63.1 cm³/mol. The van der Waals surface area contributed by atoms with Crippen LogP contribution in [-0.2, 0) is 6.42 Å². The predicted octanol–water partition coefficient (Wildman–Crippen LogP) is 0.938. The van der Waals surface area contributed by atoms with Crippen LogP contribution in [-0.4, -0.2) is 16.5 Å². The maximum Gasteiger partial charge on any atom is 0.254 e. The Hall–Kier alpha value is -1.94. The van der Waals surface area contributed by atoms with Crippen molar-refractivity contribution >= 4 is 0 Å². The molecule has 0 amide bonds. The molecule has 2 rings (SSSR count). The molecule has 0 saturated heterocycles.